The molecule has 2 heterocycles. The predicted molar refractivity (Wildman–Crippen MR) is 93.3 cm³/mol. The number of carbonyl (C=O) groups excluding carboxylic acids is 1. The molecule has 6 heteroatoms. The second-order valence-electron chi connectivity index (χ2n) is 6.09. The third-order valence-corrected chi connectivity index (χ3v) is 5.42. The van der Waals surface area contributed by atoms with Gasteiger partial charge in [0.05, 0.1) is 6.04 Å². The van der Waals surface area contributed by atoms with Gasteiger partial charge in [-0.2, -0.15) is 0 Å². The molecule has 1 aliphatic carbocycles. The van der Waals surface area contributed by atoms with E-state index >= 15 is 0 Å². The van der Waals surface area contributed by atoms with Crippen LogP contribution in [0, 0.1) is 5.92 Å². The molecule has 0 radical (unpaired) electrons. The highest BCUT2D eigenvalue weighted by Gasteiger charge is 2.30. The highest BCUT2D eigenvalue weighted by Crippen LogP contribution is 2.37. The Balaban J connectivity index is 1.65. The van der Waals surface area contributed by atoms with Gasteiger partial charge in [0.2, 0.25) is 0 Å². The standard InChI is InChI=1S/C18H17N3O2S/c22-16(14-11-19-18-21(17(14)23)9-10-24-18)20-15(13-7-4-8-13)12-5-2-1-3-6-12/h1-3,5-6,9-11,13,15H,4,7-8H2,(H,20,22)/t15-/m0/s1. The molecule has 122 valence electrons. The summed E-state index contributed by atoms with van der Waals surface area (Å²) in [4.78, 5) is 30.0. The van der Waals surface area contributed by atoms with Crippen molar-refractivity contribution < 1.29 is 4.79 Å². The fourth-order valence-electron chi connectivity index (χ4n) is 3.11. The highest BCUT2D eigenvalue weighted by molar-refractivity contribution is 7.15. The number of hydrogen-bond donors (Lipinski definition) is 1. The maximum atomic E-state index is 12.7. The zero-order chi connectivity index (χ0) is 16.5. The van der Waals surface area contributed by atoms with Crippen LogP contribution < -0.4 is 10.9 Å². The van der Waals surface area contributed by atoms with Crippen LogP contribution in [0.1, 0.15) is 41.2 Å². The van der Waals surface area contributed by atoms with Gasteiger partial charge in [0, 0.05) is 17.8 Å². The van der Waals surface area contributed by atoms with Gasteiger partial charge in [-0.15, -0.1) is 11.3 Å². The minimum atomic E-state index is -0.353. The van der Waals surface area contributed by atoms with Crippen molar-refractivity contribution in [2.75, 3.05) is 0 Å². The number of carbonyl (C=O) groups is 1. The van der Waals surface area contributed by atoms with E-state index in [1.165, 1.54) is 28.4 Å². The summed E-state index contributed by atoms with van der Waals surface area (Å²) in [6.07, 6.45) is 6.41. The van der Waals surface area contributed by atoms with Crippen molar-refractivity contribution in [1.82, 2.24) is 14.7 Å². The summed E-state index contributed by atoms with van der Waals surface area (Å²) in [6.45, 7) is 0. The zero-order valence-electron chi connectivity index (χ0n) is 13.0. The Morgan fingerprint density at radius 3 is 2.79 bits per heavy atom. The molecule has 1 amide bonds. The van der Waals surface area contributed by atoms with E-state index in [4.69, 9.17) is 0 Å². The van der Waals surface area contributed by atoms with E-state index in [-0.39, 0.29) is 23.1 Å². The summed E-state index contributed by atoms with van der Waals surface area (Å²) in [5, 5.41) is 4.84. The Labute approximate surface area is 143 Å². The average molecular weight is 339 g/mol. The van der Waals surface area contributed by atoms with E-state index < -0.39 is 0 Å². The van der Waals surface area contributed by atoms with Crippen molar-refractivity contribution >= 4 is 22.2 Å². The minimum absolute atomic E-state index is 0.0602. The van der Waals surface area contributed by atoms with Crippen LogP contribution in [-0.4, -0.2) is 15.3 Å². The van der Waals surface area contributed by atoms with Gasteiger partial charge in [0.25, 0.3) is 11.5 Å². The Morgan fingerprint density at radius 1 is 1.29 bits per heavy atom. The molecule has 1 saturated carbocycles. The van der Waals surface area contributed by atoms with Gasteiger partial charge in [-0.05, 0) is 24.3 Å². The molecule has 1 atom stereocenters. The lowest BCUT2D eigenvalue weighted by Gasteiger charge is -2.34. The molecule has 1 aliphatic rings. The highest BCUT2D eigenvalue weighted by atomic mass is 32.1. The lowest BCUT2D eigenvalue weighted by atomic mass is 9.77. The molecule has 24 heavy (non-hydrogen) atoms. The molecule has 1 aromatic carbocycles. The number of hydrogen-bond acceptors (Lipinski definition) is 4. The van der Waals surface area contributed by atoms with Gasteiger partial charge in [-0.3, -0.25) is 14.0 Å². The summed E-state index contributed by atoms with van der Waals surface area (Å²) >= 11 is 1.37. The van der Waals surface area contributed by atoms with Crippen molar-refractivity contribution in [1.29, 1.82) is 0 Å². The maximum absolute atomic E-state index is 12.7. The number of fused-ring (bicyclic) bond motifs is 1. The van der Waals surface area contributed by atoms with Crippen molar-refractivity contribution in [3.63, 3.8) is 0 Å². The smallest absolute Gasteiger partial charge is 0.271 e. The second-order valence-corrected chi connectivity index (χ2v) is 6.96. The van der Waals surface area contributed by atoms with Gasteiger partial charge in [0.1, 0.15) is 5.56 Å². The Bertz CT molecular complexity index is 928. The van der Waals surface area contributed by atoms with Crippen LogP contribution in [0.2, 0.25) is 0 Å². The number of nitrogens with zero attached hydrogens (tertiary/aromatic N) is 2. The number of amides is 1. The molecular formula is C18H17N3O2S. The molecule has 0 spiro atoms. The minimum Gasteiger partial charge on any atom is -0.345 e. The Morgan fingerprint density at radius 2 is 2.08 bits per heavy atom. The van der Waals surface area contributed by atoms with Gasteiger partial charge in [0.15, 0.2) is 4.96 Å². The summed E-state index contributed by atoms with van der Waals surface area (Å²) in [7, 11) is 0. The first-order valence-electron chi connectivity index (χ1n) is 8.05. The third-order valence-electron chi connectivity index (χ3n) is 4.65. The van der Waals surface area contributed by atoms with Crippen molar-refractivity contribution in [2.24, 2.45) is 5.92 Å². The van der Waals surface area contributed by atoms with Crippen molar-refractivity contribution in [3.05, 3.63) is 69.6 Å². The van der Waals surface area contributed by atoms with Crippen molar-refractivity contribution in [2.45, 2.75) is 25.3 Å². The molecule has 1 fully saturated rings. The molecule has 5 nitrogen and oxygen atoms in total. The normalized spacial score (nSPS) is 15.8. The van der Waals surface area contributed by atoms with E-state index in [2.05, 4.69) is 10.3 Å². The third kappa shape index (κ3) is 2.63. The molecule has 2 aromatic heterocycles. The maximum Gasteiger partial charge on any atom is 0.271 e. The van der Waals surface area contributed by atoms with E-state index in [1.807, 2.05) is 30.3 Å². The number of rotatable bonds is 4. The number of thiazole rings is 1. The first-order chi connectivity index (χ1) is 11.7. The lowest BCUT2D eigenvalue weighted by Crippen LogP contribution is -2.38. The van der Waals surface area contributed by atoms with E-state index in [0.29, 0.717) is 10.9 Å². The van der Waals surface area contributed by atoms with Crippen LogP contribution in [0.4, 0.5) is 0 Å². The lowest BCUT2D eigenvalue weighted by molar-refractivity contribution is 0.0898. The van der Waals surface area contributed by atoms with Crippen LogP contribution in [-0.2, 0) is 0 Å². The molecular weight excluding hydrogens is 322 g/mol. The molecule has 3 aromatic rings. The first-order valence-corrected chi connectivity index (χ1v) is 8.92. The van der Waals surface area contributed by atoms with Crippen LogP contribution in [0.5, 0.6) is 0 Å². The van der Waals surface area contributed by atoms with Crippen LogP contribution in [0.15, 0.2) is 52.9 Å². The number of benzene rings is 1. The monoisotopic (exact) mass is 339 g/mol. The van der Waals surface area contributed by atoms with E-state index in [0.717, 1.165) is 18.4 Å². The molecule has 1 N–H and O–H groups in total. The summed E-state index contributed by atoms with van der Waals surface area (Å²) < 4.78 is 1.42. The Hall–Kier alpha value is -2.47. The van der Waals surface area contributed by atoms with Crippen LogP contribution >= 0.6 is 11.3 Å². The largest absolute Gasteiger partial charge is 0.345 e. The van der Waals surface area contributed by atoms with Gasteiger partial charge in [-0.1, -0.05) is 36.8 Å². The second kappa shape index (κ2) is 6.20. The fourth-order valence-corrected chi connectivity index (χ4v) is 3.78. The molecule has 4 rings (SSSR count). The first kappa shape index (κ1) is 15.1. The summed E-state index contributed by atoms with van der Waals surface area (Å²) in [5.41, 5.74) is 0.852. The topological polar surface area (TPSA) is 63.5 Å². The van der Waals surface area contributed by atoms with Gasteiger partial charge in [-0.25, -0.2) is 4.98 Å². The SMILES string of the molecule is O=C(N[C@@H](c1ccccc1)C1CCC1)c1cnc2sccn2c1=O. The molecule has 0 bridgehead atoms. The fraction of sp³-hybridized carbons (Fsp3) is 0.278. The van der Waals surface area contributed by atoms with Crippen LogP contribution in [0.25, 0.3) is 4.96 Å². The zero-order valence-corrected chi connectivity index (χ0v) is 13.8. The van der Waals surface area contributed by atoms with E-state index in [1.54, 1.807) is 11.6 Å². The van der Waals surface area contributed by atoms with Crippen molar-refractivity contribution in [3.8, 4) is 0 Å². The molecule has 0 aliphatic heterocycles. The summed E-state index contributed by atoms with van der Waals surface area (Å²) in [5.74, 6) is 0.0748. The molecule has 0 saturated heterocycles. The summed E-state index contributed by atoms with van der Waals surface area (Å²) in [6, 6.07) is 9.90. The molecule has 0 unspecified atom stereocenters. The predicted octanol–water partition coefficient (Wildman–Crippen LogP) is 3.03. The van der Waals surface area contributed by atoms with E-state index in [9.17, 15) is 9.59 Å². The Kier molecular flexibility index (Phi) is 3.90. The quantitative estimate of drug-likeness (QED) is 0.795. The van der Waals surface area contributed by atoms with Gasteiger partial charge >= 0.3 is 0 Å². The average Bonchev–Trinajstić information content (AvgIpc) is 3.03. The van der Waals surface area contributed by atoms with Crippen LogP contribution in [0.3, 0.4) is 0 Å². The number of nitrogens with one attached hydrogen (secondary N) is 1. The number of aromatic nitrogens is 2. The van der Waals surface area contributed by atoms with Gasteiger partial charge < -0.3 is 5.32 Å².